The van der Waals surface area contributed by atoms with E-state index < -0.39 is 0 Å². The second-order valence-corrected chi connectivity index (χ2v) is 3.25. The van der Waals surface area contributed by atoms with Gasteiger partial charge in [0.05, 0.1) is 12.8 Å². The average molecular weight is 252 g/mol. The number of ether oxygens (including phenoxy) is 1. The van der Waals surface area contributed by atoms with Crippen LogP contribution in [0.25, 0.3) is 0 Å². The van der Waals surface area contributed by atoms with E-state index >= 15 is 0 Å². The van der Waals surface area contributed by atoms with Gasteiger partial charge in [-0.25, -0.2) is 5.48 Å². The Bertz CT molecular complexity index is 431. The first-order chi connectivity index (χ1) is 7.88. The van der Waals surface area contributed by atoms with Gasteiger partial charge >= 0.3 is 0 Å². The summed E-state index contributed by atoms with van der Waals surface area (Å²) in [6, 6.07) is 17.1. The van der Waals surface area contributed by atoms with E-state index in [9.17, 15) is 0 Å². The van der Waals surface area contributed by atoms with Crippen LogP contribution in [-0.2, 0) is 0 Å². The van der Waals surface area contributed by atoms with Crippen molar-refractivity contribution in [3.63, 3.8) is 0 Å². The Morgan fingerprint density at radius 1 is 0.824 bits per heavy atom. The van der Waals surface area contributed by atoms with Gasteiger partial charge in [0, 0.05) is 0 Å². The molecule has 4 heteroatoms. The van der Waals surface area contributed by atoms with Crippen LogP contribution < -0.4 is 15.1 Å². The lowest BCUT2D eigenvalue weighted by atomic mass is 10.3. The molecule has 0 amide bonds. The molecule has 0 aliphatic rings. The maximum absolute atomic E-state index is 5.39. The van der Waals surface area contributed by atoms with Crippen LogP contribution >= 0.6 is 12.4 Å². The summed E-state index contributed by atoms with van der Waals surface area (Å²) in [5.41, 5.74) is 3.77. The van der Waals surface area contributed by atoms with Crippen LogP contribution in [0.15, 0.2) is 54.6 Å². The first-order valence-electron chi connectivity index (χ1n) is 5.00. The van der Waals surface area contributed by atoms with Gasteiger partial charge in [-0.3, -0.25) is 0 Å². The number of methoxy groups -OCH3 is 1. The van der Waals surface area contributed by atoms with Gasteiger partial charge in [0.2, 0.25) is 0 Å². The predicted molar refractivity (Wildman–Crippen MR) is 70.9 cm³/mol. The Morgan fingerprint density at radius 3 is 2.00 bits per heavy atom. The van der Waals surface area contributed by atoms with Crippen LogP contribution in [0.3, 0.4) is 0 Å². The van der Waals surface area contributed by atoms with Crippen molar-refractivity contribution in [3.05, 3.63) is 54.6 Å². The maximum atomic E-state index is 5.39. The summed E-state index contributed by atoms with van der Waals surface area (Å²) in [7, 11) is 1.64. The Morgan fingerprint density at radius 2 is 1.41 bits per heavy atom. The molecule has 1 N–H and O–H groups in total. The molecule has 0 atom stereocenters. The minimum Gasteiger partial charge on any atom is -0.497 e. The number of benzene rings is 2. The zero-order valence-electron chi connectivity index (χ0n) is 9.42. The van der Waals surface area contributed by atoms with E-state index in [-0.39, 0.29) is 12.4 Å². The Labute approximate surface area is 107 Å². The Hall–Kier alpha value is -1.87. The fraction of sp³-hybridized carbons (Fsp3) is 0.0769. The summed E-state index contributed by atoms with van der Waals surface area (Å²) in [6.07, 6.45) is 0. The van der Waals surface area contributed by atoms with Gasteiger partial charge in [0.25, 0.3) is 0 Å². The lowest BCUT2D eigenvalue weighted by molar-refractivity contribution is 0.397. The molecule has 3 nitrogen and oxygen atoms in total. The molecular formula is C13H14ClNO2. The summed E-state index contributed by atoms with van der Waals surface area (Å²) in [4.78, 5) is 5.39. The SMILES string of the molecule is COc1ccc(ONc2ccccc2)cc1.Cl. The number of halogens is 1. The topological polar surface area (TPSA) is 30.5 Å². The van der Waals surface area contributed by atoms with Crippen molar-refractivity contribution in [1.29, 1.82) is 0 Å². The molecule has 0 aliphatic carbocycles. The Balaban J connectivity index is 0.00000144. The molecule has 0 heterocycles. The van der Waals surface area contributed by atoms with Crippen molar-refractivity contribution in [2.45, 2.75) is 0 Å². The third-order valence-corrected chi connectivity index (χ3v) is 2.12. The zero-order chi connectivity index (χ0) is 11.2. The summed E-state index contributed by atoms with van der Waals surface area (Å²) in [6.45, 7) is 0. The van der Waals surface area contributed by atoms with Crippen molar-refractivity contribution in [2.24, 2.45) is 0 Å². The standard InChI is InChI=1S/C13H13NO2.ClH/c1-15-12-7-9-13(10-8-12)16-14-11-5-3-2-4-6-11;/h2-10,14H,1H3;1H. The van der Waals surface area contributed by atoms with Crippen molar-refractivity contribution in [3.8, 4) is 11.5 Å². The molecule has 0 aromatic heterocycles. The third-order valence-electron chi connectivity index (χ3n) is 2.12. The lowest BCUT2D eigenvalue weighted by Crippen LogP contribution is -2.03. The fourth-order valence-electron chi connectivity index (χ4n) is 1.27. The molecule has 0 fully saturated rings. The molecule has 0 radical (unpaired) electrons. The van der Waals surface area contributed by atoms with Crippen LogP contribution in [0.1, 0.15) is 0 Å². The fourth-order valence-corrected chi connectivity index (χ4v) is 1.27. The number of rotatable bonds is 4. The molecular weight excluding hydrogens is 238 g/mol. The summed E-state index contributed by atoms with van der Waals surface area (Å²) >= 11 is 0. The maximum Gasteiger partial charge on any atom is 0.155 e. The van der Waals surface area contributed by atoms with E-state index in [0.29, 0.717) is 0 Å². The predicted octanol–water partition coefficient (Wildman–Crippen LogP) is 3.52. The van der Waals surface area contributed by atoms with Gasteiger partial charge < -0.3 is 9.57 Å². The van der Waals surface area contributed by atoms with Crippen molar-refractivity contribution >= 4 is 18.1 Å². The number of nitrogens with one attached hydrogen (secondary N) is 1. The molecule has 2 rings (SSSR count). The number of hydrogen-bond donors (Lipinski definition) is 1. The van der Waals surface area contributed by atoms with Crippen LogP contribution in [0.5, 0.6) is 11.5 Å². The second kappa shape index (κ2) is 6.66. The number of hydrogen-bond acceptors (Lipinski definition) is 3. The Kier molecular flexibility index (Phi) is 5.17. The monoisotopic (exact) mass is 251 g/mol. The van der Waals surface area contributed by atoms with Crippen molar-refractivity contribution < 1.29 is 9.57 Å². The number of anilines is 1. The normalized spacial score (nSPS) is 9.00. The minimum absolute atomic E-state index is 0. The van der Waals surface area contributed by atoms with E-state index in [0.717, 1.165) is 17.2 Å². The van der Waals surface area contributed by atoms with Gasteiger partial charge in [-0.05, 0) is 36.4 Å². The molecule has 90 valence electrons. The molecule has 0 saturated heterocycles. The van der Waals surface area contributed by atoms with Gasteiger partial charge in [0.15, 0.2) is 5.75 Å². The smallest absolute Gasteiger partial charge is 0.155 e. The van der Waals surface area contributed by atoms with Crippen LogP contribution in [0.4, 0.5) is 5.69 Å². The zero-order valence-corrected chi connectivity index (χ0v) is 10.2. The van der Waals surface area contributed by atoms with Crippen LogP contribution in [-0.4, -0.2) is 7.11 Å². The molecule has 0 saturated carbocycles. The summed E-state index contributed by atoms with van der Waals surface area (Å²) in [5, 5.41) is 0. The molecule has 0 spiro atoms. The molecule has 2 aromatic rings. The first kappa shape index (κ1) is 13.2. The molecule has 0 bridgehead atoms. The first-order valence-corrected chi connectivity index (χ1v) is 5.00. The summed E-state index contributed by atoms with van der Waals surface area (Å²) < 4.78 is 5.06. The van der Waals surface area contributed by atoms with Crippen LogP contribution in [0, 0.1) is 0 Å². The molecule has 17 heavy (non-hydrogen) atoms. The van der Waals surface area contributed by atoms with E-state index in [2.05, 4.69) is 5.48 Å². The highest BCUT2D eigenvalue weighted by Gasteiger charge is 1.95. The van der Waals surface area contributed by atoms with Crippen LogP contribution in [0.2, 0.25) is 0 Å². The minimum atomic E-state index is 0. The second-order valence-electron chi connectivity index (χ2n) is 3.25. The van der Waals surface area contributed by atoms with Crippen molar-refractivity contribution in [1.82, 2.24) is 0 Å². The summed E-state index contributed by atoms with van der Waals surface area (Å²) in [5.74, 6) is 1.55. The third kappa shape index (κ3) is 3.89. The largest absolute Gasteiger partial charge is 0.497 e. The molecule has 2 aromatic carbocycles. The highest BCUT2D eigenvalue weighted by molar-refractivity contribution is 5.85. The highest BCUT2D eigenvalue weighted by Crippen LogP contribution is 2.17. The van der Waals surface area contributed by atoms with Gasteiger partial charge in [0.1, 0.15) is 5.75 Å². The van der Waals surface area contributed by atoms with E-state index in [1.54, 1.807) is 7.11 Å². The van der Waals surface area contributed by atoms with Gasteiger partial charge in [-0.1, -0.05) is 18.2 Å². The number of para-hydroxylation sites is 1. The molecule has 0 aliphatic heterocycles. The van der Waals surface area contributed by atoms with E-state index in [1.165, 1.54) is 0 Å². The molecule has 0 unspecified atom stereocenters. The van der Waals surface area contributed by atoms with Gasteiger partial charge in [-0.2, -0.15) is 0 Å². The quantitative estimate of drug-likeness (QED) is 0.844. The van der Waals surface area contributed by atoms with E-state index in [1.807, 2.05) is 54.6 Å². The van der Waals surface area contributed by atoms with Crippen molar-refractivity contribution in [2.75, 3.05) is 12.6 Å². The average Bonchev–Trinajstić information content (AvgIpc) is 2.38. The lowest BCUT2D eigenvalue weighted by Gasteiger charge is -2.08. The van der Waals surface area contributed by atoms with E-state index in [4.69, 9.17) is 9.57 Å². The highest BCUT2D eigenvalue weighted by atomic mass is 35.5. The van der Waals surface area contributed by atoms with Gasteiger partial charge in [-0.15, -0.1) is 12.4 Å².